The van der Waals surface area contributed by atoms with E-state index in [1.165, 1.54) is 44.1 Å². The Hall–Kier alpha value is -2.32. The molecule has 2 aliphatic rings. The SMILES string of the molecule is Cc1nc2ccc(/C=C3\SC(Nc4c(Cl)cccc4Cl)=NC3=O)cc2n1CCN1CCCCC1. The van der Waals surface area contributed by atoms with Gasteiger partial charge in [-0.1, -0.05) is 41.8 Å². The van der Waals surface area contributed by atoms with Gasteiger partial charge in [-0.2, -0.15) is 4.99 Å². The van der Waals surface area contributed by atoms with Gasteiger partial charge in [0.1, 0.15) is 5.82 Å². The van der Waals surface area contributed by atoms with E-state index in [1.54, 1.807) is 18.2 Å². The number of anilines is 1. The van der Waals surface area contributed by atoms with Gasteiger partial charge in [0.2, 0.25) is 0 Å². The number of rotatable bonds is 5. The van der Waals surface area contributed by atoms with Crippen LogP contribution in [0.5, 0.6) is 0 Å². The second kappa shape index (κ2) is 10.1. The fourth-order valence-corrected chi connectivity index (χ4v) is 5.70. The van der Waals surface area contributed by atoms with Crippen LogP contribution < -0.4 is 5.32 Å². The van der Waals surface area contributed by atoms with Gasteiger partial charge in [-0.05, 0) is 80.5 Å². The Kier molecular flexibility index (Phi) is 6.97. The minimum Gasteiger partial charge on any atom is -0.332 e. The highest BCUT2D eigenvalue weighted by atomic mass is 35.5. The molecule has 1 saturated heterocycles. The molecule has 1 fully saturated rings. The summed E-state index contributed by atoms with van der Waals surface area (Å²) < 4.78 is 2.28. The molecule has 0 saturated carbocycles. The van der Waals surface area contributed by atoms with Crippen molar-refractivity contribution in [1.29, 1.82) is 0 Å². The number of para-hydroxylation sites is 1. The molecule has 1 amide bonds. The molecule has 0 bridgehead atoms. The highest BCUT2D eigenvalue weighted by Gasteiger charge is 2.23. The molecule has 0 radical (unpaired) electrons. The van der Waals surface area contributed by atoms with E-state index in [-0.39, 0.29) is 5.91 Å². The molecule has 176 valence electrons. The Morgan fingerprint density at radius 2 is 1.85 bits per heavy atom. The molecular formula is C25H25Cl2N5OS. The quantitative estimate of drug-likeness (QED) is 0.410. The van der Waals surface area contributed by atoms with Crippen LogP contribution in [-0.4, -0.2) is 45.2 Å². The third-order valence-electron chi connectivity index (χ3n) is 6.16. The van der Waals surface area contributed by atoms with E-state index in [4.69, 9.17) is 28.2 Å². The summed E-state index contributed by atoms with van der Waals surface area (Å²) in [5.41, 5.74) is 3.53. The molecule has 3 heterocycles. The predicted molar refractivity (Wildman–Crippen MR) is 143 cm³/mol. The number of fused-ring (bicyclic) bond motifs is 1. The van der Waals surface area contributed by atoms with Gasteiger partial charge in [0, 0.05) is 13.1 Å². The minimum absolute atomic E-state index is 0.287. The van der Waals surface area contributed by atoms with Gasteiger partial charge in [-0.15, -0.1) is 0 Å². The summed E-state index contributed by atoms with van der Waals surface area (Å²) >= 11 is 13.7. The fraction of sp³-hybridized carbons (Fsp3) is 0.320. The lowest BCUT2D eigenvalue weighted by atomic mass is 10.1. The predicted octanol–water partition coefficient (Wildman–Crippen LogP) is 6.22. The van der Waals surface area contributed by atoms with E-state index < -0.39 is 0 Å². The topological polar surface area (TPSA) is 62.5 Å². The lowest BCUT2D eigenvalue weighted by Gasteiger charge is -2.26. The molecule has 9 heteroatoms. The summed E-state index contributed by atoms with van der Waals surface area (Å²) in [6.07, 6.45) is 5.78. The molecule has 2 aliphatic heterocycles. The number of nitrogens with zero attached hydrogens (tertiary/aromatic N) is 4. The monoisotopic (exact) mass is 513 g/mol. The van der Waals surface area contributed by atoms with Gasteiger partial charge < -0.3 is 14.8 Å². The highest BCUT2D eigenvalue weighted by molar-refractivity contribution is 8.18. The first-order chi connectivity index (χ1) is 16.5. The van der Waals surface area contributed by atoms with Crippen molar-refractivity contribution in [3.05, 3.63) is 62.7 Å². The average molecular weight is 514 g/mol. The molecule has 1 N–H and O–H groups in total. The number of halogens is 2. The number of thioether (sulfide) groups is 1. The number of hydrogen-bond donors (Lipinski definition) is 1. The van der Waals surface area contributed by atoms with Crippen molar-refractivity contribution in [2.45, 2.75) is 32.7 Å². The molecule has 0 atom stereocenters. The molecule has 5 rings (SSSR count). The van der Waals surface area contributed by atoms with Gasteiger partial charge >= 0.3 is 0 Å². The Morgan fingerprint density at radius 1 is 1.09 bits per heavy atom. The van der Waals surface area contributed by atoms with Gasteiger partial charge in [-0.25, -0.2) is 4.98 Å². The molecule has 3 aromatic rings. The van der Waals surface area contributed by atoms with Crippen LogP contribution in [0.3, 0.4) is 0 Å². The van der Waals surface area contributed by atoms with Crippen molar-refractivity contribution in [1.82, 2.24) is 14.5 Å². The zero-order valence-electron chi connectivity index (χ0n) is 18.9. The third kappa shape index (κ3) is 5.03. The number of carbonyl (C=O) groups excluding carboxylic acids is 1. The van der Waals surface area contributed by atoms with E-state index in [0.29, 0.717) is 25.8 Å². The van der Waals surface area contributed by atoms with Crippen molar-refractivity contribution in [3.8, 4) is 0 Å². The number of likely N-dealkylation sites (tertiary alicyclic amines) is 1. The van der Waals surface area contributed by atoms with Gasteiger partial charge in [0.05, 0.1) is 31.7 Å². The summed E-state index contributed by atoms with van der Waals surface area (Å²) in [7, 11) is 0. The number of amidine groups is 1. The number of carbonyl (C=O) groups is 1. The standard InChI is InChI=1S/C25H25Cl2N5OS/c1-16-28-20-9-8-17(14-21(20)32(16)13-12-31-10-3-2-4-11-31)15-22-24(33)30-25(34-22)29-23-18(26)6-5-7-19(23)27/h5-9,14-15H,2-4,10-13H2,1H3,(H,29,30,33)/b22-15-. The number of piperidine rings is 1. The first-order valence-corrected chi connectivity index (χ1v) is 13.0. The maximum Gasteiger partial charge on any atom is 0.286 e. The van der Waals surface area contributed by atoms with Crippen LogP contribution in [0, 0.1) is 6.92 Å². The lowest BCUT2D eigenvalue weighted by molar-refractivity contribution is -0.113. The van der Waals surface area contributed by atoms with Crippen molar-refractivity contribution >= 4 is 68.8 Å². The zero-order valence-corrected chi connectivity index (χ0v) is 21.2. The van der Waals surface area contributed by atoms with E-state index in [0.717, 1.165) is 35.5 Å². The summed E-state index contributed by atoms with van der Waals surface area (Å²) in [4.78, 5) is 24.5. The smallest absolute Gasteiger partial charge is 0.286 e. The Balaban J connectivity index is 1.34. The number of aryl methyl sites for hydroxylation is 1. The summed E-state index contributed by atoms with van der Waals surface area (Å²) in [6.45, 7) is 6.35. The second-order valence-corrected chi connectivity index (χ2v) is 10.4. The molecule has 0 aliphatic carbocycles. The number of nitrogens with one attached hydrogen (secondary N) is 1. The van der Waals surface area contributed by atoms with Crippen molar-refractivity contribution in [2.24, 2.45) is 4.99 Å². The van der Waals surface area contributed by atoms with Crippen LogP contribution >= 0.6 is 35.0 Å². The summed E-state index contributed by atoms with van der Waals surface area (Å²) in [5.74, 6) is 0.722. The molecule has 1 aromatic heterocycles. The zero-order chi connectivity index (χ0) is 23.7. The van der Waals surface area contributed by atoms with Gasteiger partial charge in [0.15, 0.2) is 5.17 Å². The van der Waals surface area contributed by atoms with Crippen LogP contribution in [-0.2, 0) is 11.3 Å². The van der Waals surface area contributed by atoms with E-state index >= 15 is 0 Å². The van der Waals surface area contributed by atoms with Crippen LogP contribution in [0.2, 0.25) is 10.0 Å². The third-order valence-corrected chi connectivity index (χ3v) is 7.69. The fourth-order valence-electron chi connectivity index (χ4n) is 4.39. The first kappa shape index (κ1) is 23.4. The molecular weight excluding hydrogens is 489 g/mol. The summed E-state index contributed by atoms with van der Waals surface area (Å²) in [6, 6.07) is 11.3. The minimum atomic E-state index is -0.287. The normalized spacial score (nSPS) is 18.1. The maximum absolute atomic E-state index is 12.6. The van der Waals surface area contributed by atoms with Crippen LogP contribution in [0.25, 0.3) is 17.1 Å². The molecule has 6 nitrogen and oxygen atoms in total. The molecule has 0 spiro atoms. The van der Waals surface area contributed by atoms with Crippen molar-refractivity contribution < 1.29 is 4.79 Å². The van der Waals surface area contributed by atoms with Crippen molar-refractivity contribution in [3.63, 3.8) is 0 Å². The Morgan fingerprint density at radius 3 is 2.62 bits per heavy atom. The van der Waals surface area contributed by atoms with Crippen LogP contribution in [0.4, 0.5) is 5.69 Å². The molecule has 0 unspecified atom stereocenters. The molecule has 2 aromatic carbocycles. The lowest BCUT2D eigenvalue weighted by Crippen LogP contribution is -2.32. The maximum atomic E-state index is 12.6. The Bertz CT molecular complexity index is 1290. The van der Waals surface area contributed by atoms with E-state index in [1.807, 2.05) is 18.2 Å². The van der Waals surface area contributed by atoms with E-state index in [9.17, 15) is 4.79 Å². The van der Waals surface area contributed by atoms with Crippen LogP contribution in [0.1, 0.15) is 30.7 Å². The first-order valence-electron chi connectivity index (χ1n) is 11.4. The number of aromatic nitrogens is 2. The van der Waals surface area contributed by atoms with Gasteiger partial charge in [-0.3, -0.25) is 4.79 Å². The second-order valence-electron chi connectivity index (χ2n) is 8.52. The number of imidazole rings is 1. The van der Waals surface area contributed by atoms with E-state index in [2.05, 4.69) is 32.8 Å². The number of amides is 1. The number of benzene rings is 2. The van der Waals surface area contributed by atoms with Crippen molar-refractivity contribution in [2.75, 3.05) is 25.0 Å². The highest BCUT2D eigenvalue weighted by Crippen LogP contribution is 2.35. The summed E-state index contributed by atoms with van der Waals surface area (Å²) in [5, 5.41) is 4.48. The number of aliphatic imine (C=N–C) groups is 1. The van der Waals surface area contributed by atoms with Crippen LogP contribution in [0.15, 0.2) is 46.3 Å². The number of hydrogen-bond acceptors (Lipinski definition) is 5. The van der Waals surface area contributed by atoms with Gasteiger partial charge in [0.25, 0.3) is 5.91 Å². The average Bonchev–Trinajstić information content (AvgIpc) is 3.33. The Labute approximate surface area is 213 Å². The largest absolute Gasteiger partial charge is 0.332 e. The molecule has 34 heavy (non-hydrogen) atoms.